The zero-order valence-electron chi connectivity index (χ0n) is 17.0. The minimum atomic E-state index is -4.93. The minimum Gasteiger partial charge on any atom is -0.494 e. The van der Waals surface area contributed by atoms with Crippen LogP contribution in [-0.4, -0.2) is 46.6 Å². The molecule has 8 nitrogen and oxygen atoms in total. The average molecular weight is 429 g/mol. The number of benzene rings is 1. The van der Waals surface area contributed by atoms with Crippen molar-refractivity contribution in [2.45, 2.75) is 32.0 Å². The maximum absolute atomic E-state index is 13.5. The van der Waals surface area contributed by atoms with Gasteiger partial charge in [-0.05, 0) is 26.0 Å². The summed E-state index contributed by atoms with van der Waals surface area (Å²) in [5.41, 5.74) is 3.15. The lowest BCUT2D eigenvalue weighted by molar-refractivity contribution is -0.272. The Morgan fingerprint density at radius 1 is 1.27 bits per heavy atom. The van der Waals surface area contributed by atoms with Crippen LogP contribution in [0.4, 0.5) is 18.9 Å². The average Bonchev–Trinajstić information content (AvgIpc) is 3.09. The van der Waals surface area contributed by atoms with Gasteiger partial charge in [0, 0.05) is 38.5 Å². The third kappa shape index (κ3) is 5.35. The Morgan fingerprint density at radius 2 is 1.97 bits per heavy atom. The van der Waals surface area contributed by atoms with Crippen LogP contribution in [0.3, 0.4) is 0 Å². The molecular weight excluding hydrogens is 403 g/mol. The van der Waals surface area contributed by atoms with E-state index < -0.39 is 30.6 Å². The van der Waals surface area contributed by atoms with Crippen molar-refractivity contribution in [2.24, 2.45) is 17.8 Å². The molecule has 166 valence electrons. The summed E-state index contributed by atoms with van der Waals surface area (Å²) in [7, 11) is 1.37. The summed E-state index contributed by atoms with van der Waals surface area (Å²) in [6.07, 6.45) is -3.17. The van der Waals surface area contributed by atoms with Gasteiger partial charge in [0.05, 0.1) is 18.9 Å². The highest BCUT2D eigenvalue weighted by Gasteiger charge is 2.57. The summed E-state index contributed by atoms with van der Waals surface area (Å²) in [6, 6.07) is 5.06. The molecule has 0 aliphatic heterocycles. The fraction of sp³-hybridized carbons (Fsp3) is 0.474. The number of aryl methyl sites for hydroxylation is 1. The van der Waals surface area contributed by atoms with E-state index in [0.29, 0.717) is 30.4 Å². The number of hydrogen-bond donors (Lipinski definition) is 3. The molecule has 1 aromatic carbocycles. The maximum atomic E-state index is 13.5. The van der Waals surface area contributed by atoms with Crippen molar-refractivity contribution in [2.75, 3.05) is 25.1 Å². The van der Waals surface area contributed by atoms with Crippen LogP contribution in [0.25, 0.3) is 0 Å². The lowest BCUT2D eigenvalue weighted by Gasteiger charge is -2.29. The first-order valence-electron chi connectivity index (χ1n) is 9.35. The van der Waals surface area contributed by atoms with Crippen LogP contribution in [0.1, 0.15) is 26.1 Å². The number of alkyl halides is 3. The van der Waals surface area contributed by atoms with Crippen molar-refractivity contribution in [3.63, 3.8) is 0 Å². The molecule has 30 heavy (non-hydrogen) atoms. The first kappa shape index (κ1) is 23.3. The summed E-state index contributed by atoms with van der Waals surface area (Å²) in [5.74, 6) is 0.408. The molecule has 4 N–H and O–H groups in total. The van der Waals surface area contributed by atoms with Crippen molar-refractivity contribution >= 4 is 11.6 Å². The quantitative estimate of drug-likeness (QED) is 0.418. The van der Waals surface area contributed by atoms with Gasteiger partial charge >= 0.3 is 6.18 Å². The van der Waals surface area contributed by atoms with Crippen LogP contribution in [0.2, 0.25) is 0 Å². The lowest BCUT2D eigenvalue weighted by atomic mass is 9.98. The van der Waals surface area contributed by atoms with E-state index in [0.717, 1.165) is 4.57 Å². The van der Waals surface area contributed by atoms with Gasteiger partial charge in [0.1, 0.15) is 17.3 Å². The van der Waals surface area contributed by atoms with Gasteiger partial charge in [0.25, 0.3) is 0 Å². The standard InChI is InChI=1S/C19H26F3N5O3/c1-4-29-13-6-7-15(30-5-2)14(12-13)26-17(23)25-9-8-18(28,19(20,21)22)16-24-10-11-27(16)3/h6-7,10-12,28H,4-5,8-9H2,1-3H3,(H3,23,25,26). The highest BCUT2D eigenvalue weighted by molar-refractivity contribution is 5.94. The largest absolute Gasteiger partial charge is 0.494 e. The molecule has 2 rings (SSSR count). The second-order valence-corrected chi connectivity index (χ2v) is 6.39. The van der Waals surface area contributed by atoms with Crippen LogP contribution >= 0.6 is 0 Å². The van der Waals surface area contributed by atoms with Crippen molar-refractivity contribution in [3.05, 3.63) is 36.4 Å². The van der Waals surface area contributed by atoms with E-state index >= 15 is 0 Å². The number of halogens is 3. The molecule has 1 aromatic heterocycles. The maximum Gasteiger partial charge on any atom is 0.424 e. The number of ether oxygens (including phenoxy) is 2. The number of anilines is 1. The third-order valence-corrected chi connectivity index (χ3v) is 4.24. The SMILES string of the molecule is CCOc1ccc(OCC)c(NC(N)=NCCC(O)(c2nccn2C)C(F)(F)F)c1. The third-order valence-electron chi connectivity index (χ3n) is 4.24. The molecule has 11 heteroatoms. The van der Waals surface area contributed by atoms with Crippen LogP contribution in [0.5, 0.6) is 11.5 Å². The summed E-state index contributed by atoms with van der Waals surface area (Å²) >= 11 is 0. The van der Waals surface area contributed by atoms with E-state index in [9.17, 15) is 18.3 Å². The number of aliphatic imine (C=N–C) groups is 1. The summed E-state index contributed by atoms with van der Waals surface area (Å²) in [5, 5.41) is 13.1. The predicted octanol–water partition coefficient (Wildman–Crippen LogP) is 2.78. The van der Waals surface area contributed by atoms with E-state index in [4.69, 9.17) is 15.2 Å². The number of rotatable bonds is 9. The van der Waals surface area contributed by atoms with Crippen molar-refractivity contribution in [1.82, 2.24) is 9.55 Å². The van der Waals surface area contributed by atoms with Gasteiger partial charge in [-0.2, -0.15) is 13.2 Å². The van der Waals surface area contributed by atoms with Crippen molar-refractivity contribution in [1.29, 1.82) is 0 Å². The molecule has 0 aliphatic rings. The van der Waals surface area contributed by atoms with Gasteiger partial charge < -0.3 is 30.2 Å². The Hall–Kier alpha value is -2.95. The van der Waals surface area contributed by atoms with Gasteiger partial charge in [-0.3, -0.25) is 4.99 Å². The predicted molar refractivity (Wildman–Crippen MR) is 107 cm³/mol. The molecule has 1 unspecified atom stereocenters. The summed E-state index contributed by atoms with van der Waals surface area (Å²) < 4.78 is 52.7. The molecule has 0 radical (unpaired) electrons. The number of nitrogens with two attached hydrogens (primary N) is 1. The van der Waals surface area contributed by atoms with E-state index in [1.165, 1.54) is 19.4 Å². The second kappa shape index (κ2) is 9.70. The van der Waals surface area contributed by atoms with Gasteiger partial charge in [-0.15, -0.1) is 0 Å². The van der Waals surface area contributed by atoms with E-state index in [1.54, 1.807) is 18.2 Å². The number of hydrogen-bond acceptors (Lipinski definition) is 5. The number of aliphatic hydroxyl groups is 1. The first-order chi connectivity index (χ1) is 14.1. The molecule has 0 aliphatic carbocycles. The Balaban J connectivity index is 2.16. The van der Waals surface area contributed by atoms with Gasteiger partial charge in [-0.25, -0.2) is 4.98 Å². The number of imidazole rings is 1. The van der Waals surface area contributed by atoms with Crippen LogP contribution in [0, 0.1) is 0 Å². The smallest absolute Gasteiger partial charge is 0.424 e. The van der Waals surface area contributed by atoms with Crippen molar-refractivity contribution in [3.8, 4) is 11.5 Å². The van der Waals surface area contributed by atoms with Gasteiger partial charge in [0.15, 0.2) is 5.96 Å². The normalized spacial score (nSPS) is 14.3. The number of aromatic nitrogens is 2. The summed E-state index contributed by atoms with van der Waals surface area (Å²) in [6.45, 7) is 4.12. The number of guanidine groups is 1. The first-order valence-corrected chi connectivity index (χ1v) is 9.35. The number of nitrogens with zero attached hydrogens (tertiary/aromatic N) is 3. The highest BCUT2D eigenvalue weighted by Crippen LogP contribution is 2.40. The van der Waals surface area contributed by atoms with Crippen LogP contribution in [0.15, 0.2) is 35.6 Å². The Kier molecular flexibility index (Phi) is 7.54. The molecule has 0 saturated carbocycles. The molecule has 2 aromatic rings. The lowest BCUT2D eigenvalue weighted by Crippen LogP contribution is -2.45. The van der Waals surface area contributed by atoms with Crippen LogP contribution in [-0.2, 0) is 12.6 Å². The second-order valence-electron chi connectivity index (χ2n) is 6.39. The van der Waals surface area contributed by atoms with Crippen LogP contribution < -0.4 is 20.5 Å². The monoisotopic (exact) mass is 429 g/mol. The summed E-state index contributed by atoms with van der Waals surface area (Å²) in [4.78, 5) is 7.57. The molecule has 1 atom stereocenters. The molecule has 0 spiro atoms. The molecule has 0 amide bonds. The molecule has 0 saturated heterocycles. The molecule has 1 heterocycles. The molecule has 0 bridgehead atoms. The highest BCUT2D eigenvalue weighted by atomic mass is 19.4. The Labute approximate surface area is 172 Å². The topological polar surface area (TPSA) is 107 Å². The fourth-order valence-corrected chi connectivity index (χ4v) is 2.80. The number of nitrogens with one attached hydrogen (secondary N) is 1. The van der Waals surface area contributed by atoms with Crippen molar-refractivity contribution < 1.29 is 27.8 Å². The fourth-order valence-electron chi connectivity index (χ4n) is 2.80. The molecule has 0 fully saturated rings. The molecular formula is C19H26F3N5O3. The Morgan fingerprint density at radius 3 is 2.53 bits per heavy atom. The zero-order chi connectivity index (χ0) is 22.4. The van der Waals surface area contributed by atoms with E-state index in [1.807, 2.05) is 13.8 Å². The van der Waals surface area contributed by atoms with E-state index in [2.05, 4.69) is 15.3 Å². The minimum absolute atomic E-state index is 0.131. The van der Waals surface area contributed by atoms with E-state index in [-0.39, 0.29) is 5.96 Å². The van der Waals surface area contributed by atoms with Gasteiger partial charge in [-0.1, -0.05) is 0 Å². The zero-order valence-corrected chi connectivity index (χ0v) is 17.0. The Bertz CT molecular complexity index is 869. The van der Waals surface area contributed by atoms with Gasteiger partial charge in [0.2, 0.25) is 5.60 Å².